The summed E-state index contributed by atoms with van der Waals surface area (Å²) in [4.78, 5) is 0. The number of hydrogen-bond donors (Lipinski definition) is 8. The molecule has 0 spiro atoms. The van der Waals surface area contributed by atoms with Crippen LogP contribution in [0.2, 0.25) is 0 Å². The molecule has 3 aromatic rings. The fourth-order valence-electron chi connectivity index (χ4n) is 3.59. The molecular weight excluding hydrogens is 432 g/mol. The van der Waals surface area contributed by atoms with Crippen LogP contribution in [0, 0.1) is 0 Å². The van der Waals surface area contributed by atoms with Gasteiger partial charge in [-0.25, -0.2) is 9.13 Å². The van der Waals surface area contributed by atoms with Gasteiger partial charge in [-0.15, -0.1) is 0 Å². The van der Waals surface area contributed by atoms with Gasteiger partial charge in [-0.1, -0.05) is 0 Å². The smallest absolute Gasteiger partial charge is 0.243 e. The molecule has 1 aromatic heterocycles. The second-order valence-electron chi connectivity index (χ2n) is 8.26. The fraction of sp³-hybridized carbons (Fsp3) is 0.375. The zero-order chi connectivity index (χ0) is 24.3. The minimum Gasteiger partial charge on any atom is -0.508 e. The highest BCUT2D eigenvalue weighted by Crippen LogP contribution is 2.28. The number of benzene rings is 2. The van der Waals surface area contributed by atoms with Crippen molar-refractivity contribution in [2.24, 2.45) is 7.05 Å². The number of hydrogen-bond acceptors (Lipinski definition) is 8. The second-order valence-corrected chi connectivity index (χ2v) is 8.26. The molecule has 10 nitrogen and oxygen atoms in total. The van der Waals surface area contributed by atoms with Gasteiger partial charge in [0.1, 0.15) is 30.4 Å². The van der Waals surface area contributed by atoms with E-state index >= 15 is 0 Å². The summed E-state index contributed by atoms with van der Waals surface area (Å²) in [6.45, 7) is 5.35. The number of aryl methyl sites for hydroxylation is 1. The maximum atomic E-state index is 10.4. The van der Waals surface area contributed by atoms with E-state index in [2.05, 4.69) is 25.8 Å². The van der Waals surface area contributed by atoms with Gasteiger partial charge in [0.05, 0.1) is 29.8 Å². The fourth-order valence-corrected chi connectivity index (χ4v) is 3.59. The lowest BCUT2D eigenvalue weighted by Gasteiger charge is -2.14. The Balaban J connectivity index is 1.32. The molecule has 0 bridgehead atoms. The van der Waals surface area contributed by atoms with Crippen LogP contribution < -0.4 is 37.3 Å². The van der Waals surface area contributed by atoms with Crippen molar-refractivity contribution in [3.63, 3.8) is 0 Å². The lowest BCUT2D eigenvalue weighted by atomic mass is 10.1. The molecular formula is C24H37N8O2+. The third-order valence-corrected chi connectivity index (χ3v) is 5.46. The first kappa shape index (κ1) is 25.0. The molecule has 0 radical (unpaired) electrons. The van der Waals surface area contributed by atoms with Crippen molar-refractivity contribution >= 4 is 22.7 Å². The highest BCUT2D eigenvalue weighted by molar-refractivity contribution is 5.70. The zero-order valence-electron chi connectivity index (χ0n) is 19.7. The molecule has 184 valence electrons. The lowest BCUT2D eigenvalue weighted by molar-refractivity contribution is -0.671. The molecule has 0 aliphatic carbocycles. The van der Waals surface area contributed by atoms with Crippen molar-refractivity contribution in [3.05, 3.63) is 54.6 Å². The van der Waals surface area contributed by atoms with E-state index in [0.717, 1.165) is 30.9 Å². The van der Waals surface area contributed by atoms with Crippen molar-refractivity contribution in [2.75, 3.05) is 61.4 Å². The average Bonchev–Trinajstić information content (AvgIpc) is 3.22. The third kappa shape index (κ3) is 7.75. The molecule has 3 rings (SSSR count). The normalized spacial score (nSPS) is 11.0. The zero-order valence-corrected chi connectivity index (χ0v) is 19.7. The minimum absolute atomic E-state index is 0.175. The molecule has 0 aliphatic heterocycles. The highest BCUT2D eigenvalue weighted by atomic mass is 16.3. The van der Waals surface area contributed by atoms with E-state index < -0.39 is 0 Å². The summed E-state index contributed by atoms with van der Waals surface area (Å²) in [5.74, 6) is 0.409. The van der Waals surface area contributed by atoms with Gasteiger partial charge in [0.2, 0.25) is 6.33 Å². The number of phenols is 2. The highest BCUT2D eigenvalue weighted by Gasteiger charge is 2.07. The summed E-state index contributed by atoms with van der Waals surface area (Å²) < 4.78 is 4.15. The SMILES string of the molecule is C[n+]1ccn(CCNCCNc2cc(O)c(CCNCCNc3cc(O)ccc3N)cc2N)c1. The molecule has 0 amide bonds. The van der Waals surface area contributed by atoms with Crippen molar-refractivity contribution < 1.29 is 14.8 Å². The Morgan fingerprint density at radius 3 is 2.26 bits per heavy atom. The van der Waals surface area contributed by atoms with Gasteiger partial charge in [0.25, 0.3) is 0 Å². The van der Waals surface area contributed by atoms with Gasteiger partial charge in [-0.2, -0.15) is 0 Å². The Morgan fingerprint density at radius 1 is 0.853 bits per heavy atom. The molecule has 0 aliphatic rings. The van der Waals surface area contributed by atoms with Crippen LogP contribution in [0.5, 0.6) is 11.5 Å². The van der Waals surface area contributed by atoms with Gasteiger partial charge < -0.3 is 42.9 Å². The molecule has 34 heavy (non-hydrogen) atoms. The van der Waals surface area contributed by atoms with Gasteiger partial charge in [0, 0.05) is 44.9 Å². The van der Waals surface area contributed by atoms with Crippen LogP contribution in [0.3, 0.4) is 0 Å². The van der Waals surface area contributed by atoms with E-state index in [1.165, 1.54) is 0 Å². The molecule has 0 unspecified atom stereocenters. The third-order valence-electron chi connectivity index (χ3n) is 5.46. The molecule has 0 fully saturated rings. The number of nitrogen functional groups attached to an aromatic ring is 2. The number of phenolic OH excluding ortho intramolecular Hbond substituents is 2. The topological polar surface area (TPSA) is 149 Å². The Kier molecular flexibility index (Phi) is 9.24. The summed E-state index contributed by atoms with van der Waals surface area (Å²) in [6, 6.07) is 8.34. The van der Waals surface area contributed by atoms with E-state index in [1.54, 1.807) is 24.3 Å². The summed E-state index contributed by atoms with van der Waals surface area (Å²) in [6.07, 6.45) is 6.77. The van der Waals surface area contributed by atoms with Crippen molar-refractivity contribution in [3.8, 4) is 11.5 Å². The maximum absolute atomic E-state index is 10.4. The monoisotopic (exact) mass is 469 g/mol. The summed E-state index contributed by atoms with van der Waals surface area (Å²) >= 11 is 0. The molecule has 0 saturated heterocycles. The first-order chi connectivity index (χ1) is 16.4. The van der Waals surface area contributed by atoms with Gasteiger partial charge in [-0.3, -0.25) is 0 Å². The molecule has 1 heterocycles. The first-order valence-corrected chi connectivity index (χ1v) is 11.5. The lowest BCUT2D eigenvalue weighted by Crippen LogP contribution is -2.27. The number of imidazole rings is 1. The number of aromatic hydroxyl groups is 2. The van der Waals surface area contributed by atoms with Crippen LogP contribution in [0.4, 0.5) is 22.7 Å². The quantitative estimate of drug-likeness (QED) is 0.0749. The van der Waals surface area contributed by atoms with Crippen molar-refractivity contribution in [2.45, 2.75) is 13.0 Å². The Labute approximate surface area is 200 Å². The summed E-state index contributed by atoms with van der Waals surface area (Å²) in [5.41, 5.74) is 15.5. The van der Waals surface area contributed by atoms with Gasteiger partial charge in [-0.05, 0) is 36.7 Å². The maximum Gasteiger partial charge on any atom is 0.243 e. The molecule has 2 aromatic carbocycles. The average molecular weight is 470 g/mol. The van der Waals surface area contributed by atoms with Crippen molar-refractivity contribution in [1.29, 1.82) is 0 Å². The summed E-state index contributed by atoms with van der Waals surface area (Å²) in [5, 5.41) is 33.1. The predicted octanol–water partition coefficient (Wildman–Crippen LogP) is 0.834. The number of nitrogens with two attached hydrogens (primary N) is 2. The Hall–Kier alpha value is -3.63. The largest absolute Gasteiger partial charge is 0.508 e. The van der Waals surface area contributed by atoms with E-state index in [0.29, 0.717) is 49.7 Å². The van der Waals surface area contributed by atoms with E-state index in [1.807, 2.05) is 36.4 Å². The van der Waals surface area contributed by atoms with Crippen molar-refractivity contribution in [1.82, 2.24) is 15.2 Å². The Bertz CT molecular complexity index is 1050. The summed E-state index contributed by atoms with van der Waals surface area (Å²) in [7, 11) is 2.00. The van der Waals surface area contributed by atoms with Gasteiger partial charge >= 0.3 is 0 Å². The number of anilines is 4. The second kappa shape index (κ2) is 12.6. The first-order valence-electron chi connectivity index (χ1n) is 11.5. The van der Waals surface area contributed by atoms with E-state index in [4.69, 9.17) is 11.5 Å². The Morgan fingerprint density at radius 2 is 1.56 bits per heavy atom. The minimum atomic E-state index is 0.175. The van der Waals surface area contributed by atoms with E-state index in [-0.39, 0.29) is 11.5 Å². The van der Waals surface area contributed by atoms with Crippen LogP contribution in [0.25, 0.3) is 0 Å². The van der Waals surface area contributed by atoms with Crippen LogP contribution in [0.15, 0.2) is 49.1 Å². The molecule has 0 atom stereocenters. The van der Waals surface area contributed by atoms with Crippen LogP contribution in [-0.2, 0) is 20.0 Å². The van der Waals surface area contributed by atoms with Crippen LogP contribution in [0.1, 0.15) is 5.56 Å². The number of aromatic nitrogens is 2. The molecule has 10 N–H and O–H groups in total. The van der Waals surface area contributed by atoms with Gasteiger partial charge in [0.15, 0.2) is 0 Å². The number of rotatable bonds is 14. The standard InChI is InChI=1S/C24H36N8O2/c1-31-12-13-32(17-31)11-10-28-7-9-30-23-16-24(34)18(14-21(23)26)4-5-27-6-8-29-22-15-19(33)2-3-20(22)25/h2-3,12-17,27-30H,4-11,25-26H2,1H3,(H-,33,34)/p+1. The number of nitrogens with one attached hydrogen (secondary N) is 4. The van der Waals surface area contributed by atoms with Crippen LogP contribution >= 0.6 is 0 Å². The van der Waals surface area contributed by atoms with Crippen LogP contribution in [-0.4, -0.2) is 54.0 Å². The molecule has 0 saturated carbocycles. The number of nitrogens with zero attached hydrogens (tertiary/aromatic N) is 2. The molecule has 10 heteroatoms. The predicted molar refractivity (Wildman–Crippen MR) is 137 cm³/mol. The van der Waals surface area contributed by atoms with E-state index in [9.17, 15) is 10.2 Å².